The molecule has 3 amide bonds. The molecule has 9 nitrogen and oxygen atoms in total. The van der Waals surface area contributed by atoms with Gasteiger partial charge in [0.2, 0.25) is 5.91 Å². The van der Waals surface area contributed by atoms with Crippen molar-refractivity contribution in [1.29, 1.82) is 0 Å². The van der Waals surface area contributed by atoms with Crippen LogP contribution in [0.1, 0.15) is 26.3 Å². The van der Waals surface area contributed by atoms with Gasteiger partial charge in [0.1, 0.15) is 11.9 Å². The van der Waals surface area contributed by atoms with Gasteiger partial charge in [-0.3, -0.25) is 19.8 Å². The summed E-state index contributed by atoms with van der Waals surface area (Å²) in [5.41, 5.74) is 3.16. The first-order valence-electron chi connectivity index (χ1n) is 12.7. The average Bonchev–Trinajstić information content (AvgIpc) is 3.28. The Morgan fingerprint density at radius 1 is 0.974 bits per heavy atom. The van der Waals surface area contributed by atoms with Crippen LogP contribution in [0.4, 0.5) is 16.3 Å². The van der Waals surface area contributed by atoms with Crippen LogP contribution in [0.2, 0.25) is 0 Å². The molecule has 0 aliphatic carbocycles. The number of anilines is 2. The highest BCUT2D eigenvalue weighted by molar-refractivity contribution is 6.01. The zero-order chi connectivity index (χ0) is 27.2. The second-order valence-electron chi connectivity index (χ2n) is 9.54. The van der Waals surface area contributed by atoms with E-state index in [4.69, 9.17) is 4.74 Å². The summed E-state index contributed by atoms with van der Waals surface area (Å²) in [4.78, 5) is 45.3. The number of aromatic nitrogens is 1. The molecule has 0 radical (unpaired) electrons. The predicted octanol–water partition coefficient (Wildman–Crippen LogP) is 3.96. The number of carbonyl (C=O) groups excluding carboxylic acids is 3. The summed E-state index contributed by atoms with van der Waals surface area (Å²) in [6.45, 7) is 5.42. The van der Waals surface area contributed by atoms with Gasteiger partial charge < -0.3 is 15.4 Å². The first-order valence-corrected chi connectivity index (χ1v) is 12.7. The van der Waals surface area contributed by atoms with Crippen molar-refractivity contribution < 1.29 is 19.1 Å². The lowest BCUT2D eigenvalue weighted by molar-refractivity contribution is -0.130. The van der Waals surface area contributed by atoms with Crippen molar-refractivity contribution >= 4 is 29.4 Å². The number of pyridine rings is 1. The Morgan fingerprint density at radius 3 is 2.39 bits per heavy atom. The van der Waals surface area contributed by atoms with Gasteiger partial charge in [-0.15, -0.1) is 0 Å². The van der Waals surface area contributed by atoms with Crippen LogP contribution < -0.4 is 20.9 Å². The molecule has 0 fully saturated rings. The molecule has 0 saturated carbocycles. The maximum absolute atomic E-state index is 13.8. The Kier molecular flexibility index (Phi) is 8.38. The highest BCUT2D eigenvalue weighted by Gasteiger charge is 2.41. The summed E-state index contributed by atoms with van der Waals surface area (Å²) in [7, 11) is 1.68. The number of hydrogen-bond donors (Lipinski definition) is 3. The van der Waals surface area contributed by atoms with Crippen molar-refractivity contribution in [3.8, 4) is 11.1 Å². The largest absolute Gasteiger partial charge is 0.424 e. The Morgan fingerprint density at radius 2 is 1.68 bits per heavy atom. The Bertz CT molecular complexity index is 1300. The lowest BCUT2D eigenvalue weighted by Crippen LogP contribution is -2.56. The predicted molar refractivity (Wildman–Crippen MR) is 146 cm³/mol. The number of carbonyl (C=O) groups is 3. The van der Waals surface area contributed by atoms with E-state index in [0.717, 1.165) is 16.7 Å². The van der Waals surface area contributed by atoms with Crippen molar-refractivity contribution in [2.45, 2.75) is 45.5 Å². The molecule has 198 valence electrons. The SMILES string of the molecule is CN[C@@H](C)C(=O)N[C@H](C(=O)N1c2ncccc2C[C@@H]1OC(=O)Nc1ccccc1-c1ccccc1)C(C)C. The van der Waals surface area contributed by atoms with Crippen LogP contribution in [-0.4, -0.2) is 48.3 Å². The van der Waals surface area contributed by atoms with Gasteiger partial charge in [-0.1, -0.05) is 68.4 Å². The minimum Gasteiger partial charge on any atom is -0.424 e. The molecule has 1 aromatic heterocycles. The quantitative estimate of drug-likeness (QED) is 0.419. The molecule has 0 spiro atoms. The second kappa shape index (κ2) is 11.9. The van der Waals surface area contributed by atoms with Gasteiger partial charge in [0.25, 0.3) is 5.91 Å². The molecule has 1 aliphatic heterocycles. The monoisotopic (exact) mass is 515 g/mol. The summed E-state index contributed by atoms with van der Waals surface area (Å²) in [6.07, 6.45) is 0.256. The van der Waals surface area contributed by atoms with Crippen LogP contribution in [0.25, 0.3) is 11.1 Å². The second-order valence-corrected chi connectivity index (χ2v) is 9.54. The number of nitrogens with one attached hydrogen (secondary N) is 3. The highest BCUT2D eigenvalue weighted by atomic mass is 16.6. The van der Waals surface area contributed by atoms with E-state index in [-0.39, 0.29) is 18.2 Å². The topological polar surface area (TPSA) is 113 Å². The maximum atomic E-state index is 13.8. The van der Waals surface area contributed by atoms with Crippen molar-refractivity contribution in [3.63, 3.8) is 0 Å². The third kappa shape index (κ3) is 5.84. The molecule has 4 rings (SSSR count). The van der Waals surface area contributed by atoms with E-state index in [0.29, 0.717) is 11.5 Å². The molecule has 3 N–H and O–H groups in total. The Labute approximate surface area is 222 Å². The van der Waals surface area contributed by atoms with Gasteiger partial charge in [-0.05, 0) is 37.6 Å². The van der Waals surface area contributed by atoms with Crippen molar-refractivity contribution in [2.24, 2.45) is 5.92 Å². The van der Waals surface area contributed by atoms with Gasteiger partial charge in [-0.25, -0.2) is 9.78 Å². The fourth-order valence-electron chi connectivity index (χ4n) is 4.36. The van der Waals surface area contributed by atoms with Crippen LogP contribution in [0, 0.1) is 5.92 Å². The van der Waals surface area contributed by atoms with Crippen LogP contribution in [0.3, 0.4) is 0 Å². The fourth-order valence-corrected chi connectivity index (χ4v) is 4.36. The van der Waals surface area contributed by atoms with Gasteiger partial charge in [-0.2, -0.15) is 0 Å². The standard InChI is InChI=1S/C29H33N5O4/c1-18(2)25(33-27(35)19(3)30-4)28(36)34-24(17-21-13-10-16-31-26(21)34)38-29(37)32-23-15-9-8-14-22(23)20-11-6-5-7-12-20/h5-16,18-19,24-25,30H,17H2,1-4H3,(H,32,37)(H,33,35)/t19-,24-,25-/m0/s1. The van der Waals surface area contributed by atoms with Gasteiger partial charge >= 0.3 is 6.09 Å². The molecule has 0 bridgehead atoms. The summed E-state index contributed by atoms with van der Waals surface area (Å²) < 4.78 is 5.82. The van der Waals surface area contributed by atoms with Crippen molar-refractivity contribution in [3.05, 3.63) is 78.5 Å². The van der Waals surface area contributed by atoms with E-state index >= 15 is 0 Å². The summed E-state index contributed by atoms with van der Waals surface area (Å²) >= 11 is 0. The highest BCUT2D eigenvalue weighted by Crippen LogP contribution is 2.33. The summed E-state index contributed by atoms with van der Waals surface area (Å²) in [5.74, 6) is -0.485. The van der Waals surface area contributed by atoms with Gasteiger partial charge in [0.05, 0.1) is 11.7 Å². The third-order valence-corrected chi connectivity index (χ3v) is 6.56. The molecule has 0 unspecified atom stereocenters. The van der Waals surface area contributed by atoms with Crippen LogP contribution in [-0.2, 0) is 20.7 Å². The number of likely N-dealkylation sites (N-methyl/N-ethyl adjacent to an activating group) is 1. The van der Waals surface area contributed by atoms with E-state index in [1.54, 1.807) is 32.3 Å². The van der Waals surface area contributed by atoms with Crippen LogP contribution in [0.5, 0.6) is 0 Å². The lowest BCUT2D eigenvalue weighted by Gasteiger charge is -2.31. The Hall–Kier alpha value is -4.24. The minimum atomic E-state index is -0.920. The minimum absolute atomic E-state index is 0.213. The number of benzene rings is 2. The van der Waals surface area contributed by atoms with Crippen molar-refractivity contribution in [1.82, 2.24) is 15.6 Å². The molecule has 3 aromatic rings. The number of amides is 3. The number of ether oxygens (including phenoxy) is 1. The number of nitrogens with zero attached hydrogens (tertiary/aromatic N) is 2. The molecule has 38 heavy (non-hydrogen) atoms. The normalized spacial score (nSPS) is 15.9. The maximum Gasteiger partial charge on any atom is 0.413 e. The molecular formula is C29H33N5O4. The molecule has 3 atom stereocenters. The molecule has 9 heteroatoms. The van der Waals surface area contributed by atoms with Crippen molar-refractivity contribution in [2.75, 3.05) is 17.3 Å². The number of para-hydroxylation sites is 1. The van der Waals surface area contributed by atoms with E-state index in [1.807, 2.05) is 68.4 Å². The number of rotatable bonds is 8. The third-order valence-electron chi connectivity index (χ3n) is 6.56. The lowest BCUT2D eigenvalue weighted by atomic mass is 10.0. The molecule has 1 aliphatic rings. The van der Waals surface area contributed by atoms with E-state index < -0.39 is 30.3 Å². The first kappa shape index (κ1) is 26.8. The average molecular weight is 516 g/mol. The molecular weight excluding hydrogens is 482 g/mol. The van der Waals surface area contributed by atoms with E-state index in [9.17, 15) is 14.4 Å². The molecule has 0 saturated heterocycles. The summed E-state index contributed by atoms with van der Waals surface area (Å²) in [6, 6.07) is 19.5. The number of hydrogen-bond acceptors (Lipinski definition) is 6. The van der Waals surface area contributed by atoms with Crippen LogP contribution >= 0.6 is 0 Å². The smallest absolute Gasteiger partial charge is 0.413 e. The Balaban J connectivity index is 1.56. The van der Waals surface area contributed by atoms with E-state index in [2.05, 4.69) is 20.9 Å². The molecule has 2 heterocycles. The first-order chi connectivity index (χ1) is 18.3. The zero-order valence-corrected chi connectivity index (χ0v) is 22.0. The number of fused-ring (bicyclic) bond motifs is 1. The molecule has 2 aromatic carbocycles. The zero-order valence-electron chi connectivity index (χ0n) is 22.0. The summed E-state index contributed by atoms with van der Waals surface area (Å²) in [5, 5.41) is 8.55. The fraction of sp³-hybridized carbons (Fsp3) is 0.310. The van der Waals surface area contributed by atoms with Gasteiger partial charge in [0.15, 0.2) is 6.23 Å². The van der Waals surface area contributed by atoms with E-state index in [1.165, 1.54) is 4.90 Å². The van der Waals surface area contributed by atoms with Gasteiger partial charge in [0, 0.05) is 23.7 Å². The van der Waals surface area contributed by atoms with Crippen LogP contribution in [0.15, 0.2) is 72.9 Å².